The van der Waals surface area contributed by atoms with Gasteiger partial charge in [0.2, 0.25) is 5.92 Å². The smallest absolute Gasteiger partial charge is 0.449 e. The number of hydrogen-bond acceptors (Lipinski definition) is 0. The normalized spacial score (nSPS) is 39.8. The zero-order chi connectivity index (χ0) is 9.15. The van der Waals surface area contributed by atoms with E-state index in [-0.39, 0.29) is 5.92 Å². The average molecular weight is 185 g/mol. The molecule has 0 N–H and O–H groups in total. The van der Waals surface area contributed by atoms with Crippen molar-refractivity contribution in [3.63, 3.8) is 0 Å². The van der Waals surface area contributed by atoms with Crippen molar-refractivity contribution in [1.82, 2.24) is 0 Å². The van der Waals surface area contributed by atoms with Crippen LogP contribution in [0, 0.1) is 11.8 Å². The molecule has 0 aliphatic heterocycles. The van der Waals surface area contributed by atoms with Crippen LogP contribution in [0.4, 0.5) is 21.7 Å². The van der Waals surface area contributed by atoms with Crippen LogP contribution in [0.25, 0.3) is 0 Å². The van der Waals surface area contributed by atoms with Crippen LogP contribution in [0.3, 0.4) is 0 Å². The summed E-state index contributed by atoms with van der Waals surface area (Å²) in [4.78, 5) is 0. The molecule has 0 bridgehead atoms. The molecule has 0 spiro atoms. The molecule has 0 aromatic rings. The van der Waals surface area contributed by atoms with Gasteiger partial charge in [0.1, 0.15) is 0 Å². The summed E-state index contributed by atoms with van der Waals surface area (Å²) in [5.41, 5.74) is 0. The van der Waals surface area contributed by atoms with Crippen LogP contribution in [-0.2, 0) is 0 Å². The van der Waals surface area contributed by atoms with Crippen molar-refractivity contribution in [3.8, 4) is 0 Å². The Balaban J connectivity index is 2.10. The quantitative estimate of drug-likeness (QED) is 0.458. The lowest BCUT2D eigenvalue weighted by Crippen LogP contribution is -2.18. The third kappa shape index (κ3) is 1.03. The van der Waals surface area contributed by atoms with Gasteiger partial charge in [0, 0.05) is 5.92 Å². The predicted molar refractivity (Wildman–Crippen MR) is 34.0 cm³/mol. The lowest BCUT2D eigenvalue weighted by atomic mass is 9.81. The standard InChI is InChI=1S/C6H7BF5/c8-6(9)4(3-1-2-3)5(6)7(10,11)12/h3-5H,1-2H2/q-1. The van der Waals surface area contributed by atoms with Crippen molar-refractivity contribution in [2.75, 3.05) is 0 Å². The minimum absolute atomic E-state index is 0.353. The van der Waals surface area contributed by atoms with Crippen molar-refractivity contribution < 1.29 is 21.7 Å². The molecule has 2 atom stereocenters. The van der Waals surface area contributed by atoms with Gasteiger partial charge < -0.3 is 12.9 Å². The molecule has 2 aliphatic carbocycles. The lowest BCUT2D eigenvalue weighted by Gasteiger charge is -2.11. The Labute approximate surface area is 66.2 Å². The molecule has 2 rings (SSSR count). The van der Waals surface area contributed by atoms with Crippen LogP contribution in [0.15, 0.2) is 0 Å². The van der Waals surface area contributed by atoms with Gasteiger partial charge in [0.05, 0.1) is 0 Å². The second-order valence-electron chi connectivity index (χ2n) is 3.69. The van der Waals surface area contributed by atoms with E-state index in [0.717, 1.165) is 0 Å². The molecule has 6 heteroatoms. The van der Waals surface area contributed by atoms with Gasteiger partial charge in [-0.15, -0.1) is 0 Å². The van der Waals surface area contributed by atoms with Crippen molar-refractivity contribution in [3.05, 3.63) is 0 Å². The molecule has 0 radical (unpaired) electrons. The van der Waals surface area contributed by atoms with Crippen molar-refractivity contribution in [2.45, 2.75) is 24.6 Å². The van der Waals surface area contributed by atoms with Crippen LogP contribution < -0.4 is 0 Å². The number of rotatable bonds is 2. The molecule has 2 aliphatic rings. The average Bonchev–Trinajstić information content (AvgIpc) is 2.60. The zero-order valence-electron chi connectivity index (χ0n) is 6.11. The number of alkyl halides is 2. The molecule has 2 fully saturated rings. The third-order valence-corrected chi connectivity index (χ3v) is 2.70. The Morgan fingerprint density at radius 2 is 1.58 bits per heavy atom. The molecule has 2 unspecified atom stereocenters. The highest BCUT2D eigenvalue weighted by Crippen LogP contribution is 2.72. The summed E-state index contributed by atoms with van der Waals surface area (Å²) in [6.45, 7) is -5.33. The van der Waals surface area contributed by atoms with E-state index in [9.17, 15) is 21.7 Å². The summed E-state index contributed by atoms with van der Waals surface area (Å²) < 4.78 is 61.0. The first-order valence-electron chi connectivity index (χ1n) is 3.93. The van der Waals surface area contributed by atoms with E-state index in [1.165, 1.54) is 0 Å². The van der Waals surface area contributed by atoms with E-state index < -0.39 is 24.6 Å². The maximum Gasteiger partial charge on any atom is 0.487 e. The molecular formula is C6H7BF5-. The summed E-state index contributed by atoms with van der Waals surface area (Å²) in [5.74, 6) is -7.46. The minimum Gasteiger partial charge on any atom is -0.449 e. The third-order valence-electron chi connectivity index (χ3n) is 2.70. The van der Waals surface area contributed by atoms with Crippen LogP contribution in [0.1, 0.15) is 12.8 Å². The molecule has 70 valence electrons. The molecule has 2 saturated carbocycles. The molecule has 0 aromatic heterocycles. The summed E-state index contributed by atoms with van der Waals surface area (Å²) in [5, 5.41) is 0. The van der Waals surface area contributed by atoms with Gasteiger partial charge in [-0.1, -0.05) is 0 Å². The number of hydrogen-bond donors (Lipinski definition) is 0. The number of halogens is 5. The molecule has 0 heterocycles. The molecular weight excluding hydrogens is 178 g/mol. The fourth-order valence-electron chi connectivity index (χ4n) is 1.93. The first-order chi connectivity index (χ1) is 5.35. The van der Waals surface area contributed by atoms with Crippen molar-refractivity contribution in [2.24, 2.45) is 11.8 Å². The van der Waals surface area contributed by atoms with Gasteiger partial charge in [0.15, 0.2) is 0 Å². The molecule has 0 saturated heterocycles. The van der Waals surface area contributed by atoms with Crippen LogP contribution >= 0.6 is 0 Å². The zero-order valence-corrected chi connectivity index (χ0v) is 6.11. The maximum absolute atomic E-state index is 12.5. The van der Waals surface area contributed by atoms with Crippen LogP contribution in [0.5, 0.6) is 0 Å². The van der Waals surface area contributed by atoms with E-state index in [1.807, 2.05) is 0 Å². The topological polar surface area (TPSA) is 0 Å². The van der Waals surface area contributed by atoms with Gasteiger partial charge >= 0.3 is 6.98 Å². The largest absolute Gasteiger partial charge is 0.487 e. The highest BCUT2D eigenvalue weighted by molar-refractivity contribution is 6.61. The Kier molecular flexibility index (Phi) is 1.36. The Bertz CT molecular complexity index is 206. The first-order valence-corrected chi connectivity index (χ1v) is 3.93. The van der Waals surface area contributed by atoms with E-state index in [0.29, 0.717) is 12.8 Å². The van der Waals surface area contributed by atoms with Crippen molar-refractivity contribution >= 4 is 6.98 Å². The van der Waals surface area contributed by atoms with E-state index in [4.69, 9.17) is 0 Å². The summed E-state index contributed by atoms with van der Waals surface area (Å²) in [6.07, 6.45) is 1.09. The first kappa shape index (κ1) is 8.32. The van der Waals surface area contributed by atoms with Gasteiger partial charge in [-0.25, -0.2) is 8.78 Å². The second kappa shape index (κ2) is 1.96. The highest BCUT2D eigenvalue weighted by Gasteiger charge is 2.76. The summed E-state index contributed by atoms with van der Waals surface area (Å²) >= 11 is 0. The summed E-state index contributed by atoms with van der Waals surface area (Å²) in [6, 6.07) is 0. The predicted octanol–water partition coefficient (Wildman–Crippen LogP) is 2.88. The van der Waals surface area contributed by atoms with E-state index in [2.05, 4.69) is 0 Å². The summed E-state index contributed by atoms with van der Waals surface area (Å²) in [7, 11) is 0. The Morgan fingerprint density at radius 3 is 1.83 bits per heavy atom. The molecule has 12 heavy (non-hydrogen) atoms. The molecule has 0 amide bonds. The SMILES string of the molecule is F[B-](F)(F)C1C(C2CC2)C1(F)F. The minimum atomic E-state index is -5.33. The van der Waals surface area contributed by atoms with E-state index >= 15 is 0 Å². The van der Waals surface area contributed by atoms with Gasteiger partial charge in [-0.2, -0.15) is 0 Å². The Hall–Kier alpha value is -0.285. The van der Waals surface area contributed by atoms with Crippen molar-refractivity contribution in [1.29, 1.82) is 0 Å². The second-order valence-corrected chi connectivity index (χ2v) is 3.69. The fourth-order valence-corrected chi connectivity index (χ4v) is 1.93. The van der Waals surface area contributed by atoms with Crippen LogP contribution in [0.2, 0.25) is 5.82 Å². The highest BCUT2D eigenvalue weighted by atomic mass is 19.4. The van der Waals surface area contributed by atoms with Gasteiger partial charge in [-0.05, 0) is 24.6 Å². The van der Waals surface area contributed by atoms with Gasteiger partial charge in [0.25, 0.3) is 0 Å². The lowest BCUT2D eigenvalue weighted by molar-refractivity contribution is 0.0912. The molecule has 0 nitrogen and oxygen atoms in total. The van der Waals surface area contributed by atoms with Crippen LogP contribution in [-0.4, -0.2) is 12.9 Å². The molecule has 0 aromatic carbocycles. The van der Waals surface area contributed by atoms with E-state index in [1.54, 1.807) is 0 Å². The van der Waals surface area contributed by atoms with Gasteiger partial charge in [-0.3, -0.25) is 0 Å². The fraction of sp³-hybridized carbons (Fsp3) is 1.00. The maximum atomic E-state index is 12.5. The monoisotopic (exact) mass is 185 g/mol. The Morgan fingerprint density at radius 1 is 1.08 bits per heavy atom.